The van der Waals surface area contributed by atoms with Gasteiger partial charge in [0.15, 0.2) is 5.78 Å². The third-order valence-electron chi connectivity index (χ3n) is 6.28. The molecule has 2 aromatic carbocycles. The summed E-state index contributed by atoms with van der Waals surface area (Å²) in [6.45, 7) is 7.98. The van der Waals surface area contributed by atoms with Crippen LogP contribution in [0.25, 0.3) is 10.9 Å². The first-order chi connectivity index (χ1) is 13.9. The van der Waals surface area contributed by atoms with Crippen LogP contribution in [0.15, 0.2) is 30.3 Å². The number of benzene rings is 2. The molecule has 5 rings (SSSR count). The van der Waals surface area contributed by atoms with E-state index in [9.17, 15) is 4.79 Å². The van der Waals surface area contributed by atoms with Crippen molar-refractivity contribution in [3.8, 4) is 12.3 Å². The van der Waals surface area contributed by atoms with E-state index >= 15 is 0 Å². The zero-order chi connectivity index (χ0) is 20.3. The molecule has 5 heteroatoms. The van der Waals surface area contributed by atoms with Crippen LogP contribution in [0.1, 0.15) is 46.6 Å². The summed E-state index contributed by atoms with van der Waals surface area (Å²) in [6.07, 6.45) is 5.56. The van der Waals surface area contributed by atoms with Gasteiger partial charge < -0.3 is 15.2 Å². The molecule has 0 atom stereocenters. The second kappa shape index (κ2) is 6.38. The minimum absolute atomic E-state index is 0.0165. The lowest BCUT2D eigenvalue weighted by Crippen LogP contribution is -2.44. The van der Waals surface area contributed by atoms with Crippen LogP contribution >= 0.6 is 11.6 Å². The number of hydrogen-bond acceptors (Lipinski definition) is 3. The van der Waals surface area contributed by atoms with Gasteiger partial charge >= 0.3 is 0 Å². The van der Waals surface area contributed by atoms with E-state index in [0.717, 1.165) is 65.2 Å². The summed E-state index contributed by atoms with van der Waals surface area (Å²) in [7, 11) is 0. The fourth-order valence-electron chi connectivity index (χ4n) is 4.68. The van der Waals surface area contributed by atoms with Crippen LogP contribution in [0.5, 0.6) is 0 Å². The van der Waals surface area contributed by atoms with Crippen LogP contribution in [0.3, 0.4) is 0 Å². The van der Waals surface area contributed by atoms with Crippen molar-refractivity contribution < 1.29 is 4.79 Å². The number of aromatic nitrogens is 1. The third kappa shape index (κ3) is 2.62. The molecule has 2 aliphatic rings. The molecule has 0 radical (unpaired) electrons. The number of anilines is 1. The van der Waals surface area contributed by atoms with Crippen molar-refractivity contribution in [3.63, 3.8) is 0 Å². The number of ketones is 1. The molecule has 2 N–H and O–H groups in total. The summed E-state index contributed by atoms with van der Waals surface area (Å²) in [5.41, 5.74) is 5.70. The standard InChI is InChI=1S/C24H22ClN3O/c1-4-14-5-6-15-19(11-14)27-23-21(15)22(29)16-12-18(25)20(13-17(16)24(23,2)3)28-9-7-26-8-10-28/h1,5-6,11-13,26-27H,7-10H2,2-3H3. The third-order valence-corrected chi connectivity index (χ3v) is 6.58. The van der Waals surface area contributed by atoms with Gasteiger partial charge in [-0.2, -0.15) is 0 Å². The Bertz CT molecular complexity index is 1210. The second-order valence-corrected chi connectivity index (χ2v) is 8.73. The number of nitrogens with one attached hydrogen (secondary N) is 2. The molecule has 146 valence electrons. The Morgan fingerprint density at radius 2 is 1.93 bits per heavy atom. The first kappa shape index (κ1) is 18.3. The first-order valence-corrected chi connectivity index (χ1v) is 10.3. The van der Waals surface area contributed by atoms with Crippen molar-refractivity contribution in [2.75, 3.05) is 31.1 Å². The molecule has 0 saturated carbocycles. The molecule has 1 aromatic heterocycles. The van der Waals surface area contributed by atoms with Crippen molar-refractivity contribution in [2.45, 2.75) is 19.3 Å². The number of rotatable bonds is 1. The highest BCUT2D eigenvalue weighted by Gasteiger charge is 2.40. The largest absolute Gasteiger partial charge is 0.368 e. The maximum absolute atomic E-state index is 13.5. The van der Waals surface area contributed by atoms with Crippen molar-refractivity contribution in [1.29, 1.82) is 0 Å². The van der Waals surface area contributed by atoms with Gasteiger partial charge in [0, 0.05) is 59.3 Å². The Morgan fingerprint density at radius 3 is 2.66 bits per heavy atom. The van der Waals surface area contributed by atoms with Gasteiger partial charge in [-0.15, -0.1) is 6.42 Å². The second-order valence-electron chi connectivity index (χ2n) is 8.32. The van der Waals surface area contributed by atoms with Gasteiger partial charge in [-0.05, 0) is 29.8 Å². The van der Waals surface area contributed by atoms with E-state index < -0.39 is 0 Å². The average Bonchev–Trinajstić information content (AvgIpc) is 3.12. The maximum Gasteiger partial charge on any atom is 0.195 e. The molecule has 0 amide bonds. The fourth-order valence-corrected chi connectivity index (χ4v) is 4.96. The van der Waals surface area contributed by atoms with Crippen LogP contribution < -0.4 is 10.2 Å². The molecule has 29 heavy (non-hydrogen) atoms. The van der Waals surface area contributed by atoms with Gasteiger partial charge in [0.25, 0.3) is 0 Å². The summed E-state index contributed by atoms with van der Waals surface area (Å²) < 4.78 is 0. The highest BCUT2D eigenvalue weighted by molar-refractivity contribution is 6.34. The maximum atomic E-state index is 13.5. The van der Waals surface area contributed by atoms with Crippen molar-refractivity contribution in [3.05, 3.63) is 63.3 Å². The number of fused-ring (bicyclic) bond motifs is 4. The lowest BCUT2D eigenvalue weighted by molar-refractivity contribution is 0.103. The summed E-state index contributed by atoms with van der Waals surface area (Å²) in [4.78, 5) is 19.3. The van der Waals surface area contributed by atoms with Crippen LogP contribution in [0.4, 0.5) is 5.69 Å². The molecule has 0 bridgehead atoms. The molecule has 1 aliphatic heterocycles. The lowest BCUT2D eigenvalue weighted by atomic mass is 9.71. The van der Waals surface area contributed by atoms with E-state index in [2.05, 4.69) is 41.0 Å². The quantitative estimate of drug-likeness (QED) is 0.602. The molecule has 0 spiro atoms. The fraction of sp³-hybridized carbons (Fsp3) is 0.292. The van der Waals surface area contributed by atoms with Crippen LogP contribution in [0, 0.1) is 12.3 Å². The number of halogens is 1. The zero-order valence-corrected chi connectivity index (χ0v) is 17.3. The molecule has 1 saturated heterocycles. The van der Waals surface area contributed by atoms with Crippen LogP contribution in [-0.2, 0) is 5.41 Å². The number of hydrogen-bond donors (Lipinski definition) is 2. The smallest absolute Gasteiger partial charge is 0.195 e. The van der Waals surface area contributed by atoms with Gasteiger partial charge in [-0.25, -0.2) is 0 Å². The van der Waals surface area contributed by atoms with Gasteiger partial charge in [0.05, 0.1) is 16.3 Å². The average molecular weight is 404 g/mol. The topological polar surface area (TPSA) is 48.1 Å². The summed E-state index contributed by atoms with van der Waals surface area (Å²) in [5.74, 6) is 2.68. The van der Waals surface area contributed by atoms with Gasteiger partial charge in [0.2, 0.25) is 0 Å². The zero-order valence-electron chi connectivity index (χ0n) is 16.5. The van der Waals surface area contributed by atoms with E-state index in [4.69, 9.17) is 18.0 Å². The lowest BCUT2D eigenvalue weighted by Gasteiger charge is -2.35. The van der Waals surface area contributed by atoms with E-state index in [1.54, 1.807) is 0 Å². The Balaban J connectivity index is 1.72. The number of nitrogens with zero attached hydrogens (tertiary/aromatic N) is 1. The Kier molecular flexibility index (Phi) is 4.03. The van der Waals surface area contributed by atoms with Gasteiger partial charge in [-0.3, -0.25) is 4.79 Å². The van der Waals surface area contributed by atoms with E-state index in [-0.39, 0.29) is 11.2 Å². The number of piperazine rings is 1. The van der Waals surface area contributed by atoms with Gasteiger partial charge in [0.1, 0.15) is 0 Å². The highest BCUT2D eigenvalue weighted by Crippen LogP contribution is 2.46. The molecule has 0 unspecified atom stereocenters. The Morgan fingerprint density at radius 1 is 1.17 bits per heavy atom. The molecule has 4 nitrogen and oxygen atoms in total. The van der Waals surface area contributed by atoms with Crippen LogP contribution in [-0.4, -0.2) is 36.9 Å². The van der Waals surface area contributed by atoms with Crippen molar-refractivity contribution >= 4 is 34.0 Å². The van der Waals surface area contributed by atoms with E-state index in [0.29, 0.717) is 10.6 Å². The molecule has 2 heterocycles. The minimum Gasteiger partial charge on any atom is -0.368 e. The molecule has 1 fully saturated rings. The molecular weight excluding hydrogens is 382 g/mol. The number of terminal acetylenes is 1. The summed E-state index contributed by atoms with van der Waals surface area (Å²) >= 11 is 6.67. The SMILES string of the molecule is C#Cc1ccc2c3c([nH]c2c1)C(C)(C)c1cc(N2CCNCC2)c(Cl)cc1C3=O. The molecule has 1 aliphatic carbocycles. The summed E-state index contributed by atoms with van der Waals surface area (Å²) in [5, 5.41) is 4.91. The predicted octanol–water partition coefficient (Wildman–Crippen LogP) is 4.08. The highest BCUT2D eigenvalue weighted by atomic mass is 35.5. The Hall–Kier alpha value is -2.74. The minimum atomic E-state index is -0.360. The first-order valence-electron chi connectivity index (χ1n) is 9.89. The predicted molar refractivity (Wildman–Crippen MR) is 118 cm³/mol. The summed E-state index contributed by atoms with van der Waals surface area (Å²) in [6, 6.07) is 9.72. The van der Waals surface area contributed by atoms with E-state index in [1.807, 2.05) is 24.3 Å². The van der Waals surface area contributed by atoms with Crippen LogP contribution in [0.2, 0.25) is 5.02 Å². The molecular formula is C24H22ClN3O. The number of carbonyl (C=O) groups is 1. The normalized spacial score (nSPS) is 17.7. The number of carbonyl (C=O) groups excluding carboxylic acids is 1. The van der Waals surface area contributed by atoms with Crippen molar-refractivity contribution in [2.24, 2.45) is 0 Å². The van der Waals surface area contributed by atoms with Crippen molar-refractivity contribution in [1.82, 2.24) is 10.3 Å². The Labute approximate surface area is 175 Å². The van der Waals surface area contributed by atoms with Gasteiger partial charge in [-0.1, -0.05) is 37.4 Å². The molecule has 3 aromatic rings. The monoisotopic (exact) mass is 403 g/mol. The number of aromatic amines is 1. The van der Waals surface area contributed by atoms with E-state index in [1.165, 1.54) is 0 Å². The number of H-pyrrole nitrogens is 1.